The minimum Gasteiger partial charge on any atom is -0.365 e. The number of nitrogens with zero attached hydrogens (tertiary/aromatic N) is 5. The van der Waals surface area contributed by atoms with Crippen molar-refractivity contribution in [2.45, 2.75) is 13.8 Å². The standard InChI is InChI=1S/C23H23N5OS/c1-16-22(17(2)28(25-16)19-6-4-3-5-7-19)26-10-12-27(13-11-26)23(29)18-8-9-20-21(14-18)30-15-24-20/h3-9,14-15H,10-13H2,1-2H3. The SMILES string of the molecule is Cc1nn(-c2ccccc2)c(C)c1N1CCN(C(=O)c2ccc3ncsc3c2)CC1. The van der Waals surface area contributed by atoms with Crippen molar-refractivity contribution in [1.29, 1.82) is 0 Å². The predicted octanol–water partition coefficient (Wildman–Crippen LogP) is 4.06. The van der Waals surface area contributed by atoms with Gasteiger partial charge in [-0.3, -0.25) is 4.79 Å². The maximum Gasteiger partial charge on any atom is 0.254 e. The first kappa shape index (κ1) is 18.8. The number of amides is 1. The van der Waals surface area contributed by atoms with Crippen LogP contribution in [0.4, 0.5) is 5.69 Å². The van der Waals surface area contributed by atoms with Gasteiger partial charge in [-0.25, -0.2) is 9.67 Å². The number of piperazine rings is 1. The highest BCUT2D eigenvalue weighted by molar-refractivity contribution is 7.16. The van der Waals surface area contributed by atoms with Crippen LogP contribution in [0.15, 0.2) is 54.0 Å². The molecule has 2 aromatic carbocycles. The van der Waals surface area contributed by atoms with Crippen molar-refractivity contribution in [3.8, 4) is 5.69 Å². The van der Waals surface area contributed by atoms with E-state index < -0.39 is 0 Å². The van der Waals surface area contributed by atoms with Crippen molar-refractivity contribution in [1.82, 2.24) is 19.7 Å². The fourth-order valence-corrected chi connectivity index (χ4v) is 4.93. The first-order chi connectivity index (χ1) is 14.6. The van der Waals surface area contributed by atoms with E-state index in [9.17, 15) is 4.79 Å². The van der Waals surface area contributed by atoms with Crippen LogP contribution in [-0.2, 0) is 0 Å². The van der Waals surface area contributed by atoms with E-state index in [2.05, 4.69) is 35.9 Å². The van der Waals surface area contributed by atoms with Gasteiger partial charge >= 0.3 is 0 Å². The van der Waals surface area contributed by atoms with Crippen molar-refractivity contribution in [3.63, 3.8) is 0 Å². The summed E-state index contributed by atoms with van der Waals surface area (Å²) in [7, 11) is 0. The minimum atomic E-state index is 0.0957. The third kappa shape index (κ3) is 3.25. The Morgan fingerprint density at radius 1 is 1.00 bits per heavy atom. The third-order valence-electron chi connectivity index (χ3n) is 5.72. The van der Waals surface area contributed by atoms with E-state index in [1.165, 1.54) is 5.69 Å². The summed E-state index contributed by atoms with van der Waals surface area (Å²) in [6.45, 7) is 7.19. The van der Waals surface area contributed by atoms with E-state index in [-0.39, 0.29) is 5.91 Å². The molecule has 0 radical (unpaired) electrons. The van der Waals surface area contributed by atoms with Gasteiger partial charge in [0.25, 0.3) is 5.91 Å². The number of anilines is 1. The summed E-state index contributed by atoms with van der Waals surface area (Å²) in [6.07, 6.45) is 0. The average molecular weight is 418 g/mol. The van der Waals surface area contributed by atoms with Crippen LogP contribution in [0.5, 0.6) is 0 Å². The molecule has 152 valence electrons. The third-order valence-corrected chi connectivity index (χ3v) is 6.51. The Balaban J connectivity index is 1.32. The molecule has 30 heavy (non-hydrogen) atoms. The number of hydrogen-bond acceptors (Lipinski definition) is 5. The van der Waals surface area contributed by atoms with Gasteiger partial charge < -0.3 is 9.80 Å². The minimum absolute atomic E-state index is 0.0957. The lowest BCUT2D eigenvalue weighted by atomic mass is 10.1. The van der Waals surface area contributed by atoms with Crippen molar-refractivity contribution in [2.75, 3.05) is 31.1 Å². The number of carbonyl (C=O) groups excluding carboxylic acids is 1. The molecule has 7 heteroatoms. The molecule has 0 N–H and O–H groups in total. The maximum atomic E-state index is 13.0. The number of aromatic nitrogens is 3. The predicted molar refractivity (Wildman–Crippen MR) is 121 cm³/mol. The number of para-hydroxylation sites is 1. The van der Waals surface area contributed by atoms with Gasteiger partial charge in [0.2, 0.25) is 0 Å². The molecule has 3 heterocycles. The molecule has 0 unspecified atom stereocenters. The fourth-order valence-electron chi connectivity index (χ4n) is 4.22. The second-order valence-electron chi connectivity index (χ2n) is 7.58. The van der Waals surface area contributed by atoms with Crippen LogP contribution in [0.3, 0.4) is 0 Å². The number of thiazole rings is 1. The van der Waals surface area contributed by atoms with E-state index in [0.29, 0.717) is 13.1 Å². The molecule has 1 fully saturated rings. The second-order valence-corrected chi connectivity index (χ2v) is 8.47. The lowest BCUT2D eigenvalue weighted by Gasteiger charge is -2.36. The highest BCUT2D eigenvalue weighted by Crippen LogP contribution is 2.28. The summed E-state index contributed by atoms with van der Waals surface area (Å²) in [5.74, 6) is 0.0957. The van der Waals surface area contributed by atoms with Gasteiger partial charge in [0.05, 0.1) is 38.5 Å². The highest BCUT2D eigenvalue weighted by atomic mass is 32.1. The van der Waals surface area contributed by atoms with Crippen molar-refractivity contribution in [3.05, 3.63) is 71.0 Å². The topological polar surface area (TPSA) is 54.3 Å². The quantitative estimate of drug-likeness (QED) is 0.504. The Labute approximate surface area is 179 Å². The molecule has 0 saturated carbocycles. The molecule has 2 aromatic heterocycles. The lowest BCUT2D eigenvalue weighted by molar-refractivity contribution is 0.0747. The summed E-state index contributed by atoms with van der Waals surface area (Å²) < 4.78 is 3.06. The van der Waals surface area contributed by atoms with Gasteiger partial charge in [-0.05, 0) is 44.2 Å². The monoisotopic (exact) mass is 417 g/mol. The Bertz CT molecular complexity index is 1210. The first-order valence-electron chi connectivity index (χ1n) is 10.1. The smallest absolute Gasteiger partial charge is 0.254 e. The largest absolute Gasteiger partial charge is 0.365 e. The summed E-state index contributed by atoms with van der Waals surface area (Å²) in [5, 5.41) is 4.77. The summed E-state index contributed by atoms with van der Waals surface area (Å²) in [4.78, 5) is 21.6. The van der Waals surface area contributed by atoms with E-state index in [1.807, 2.05) is 51.5 Å². The molecule has 5 rings (SSSR count). The number of hydrogen-bond donors (Lipinski definition) is 0. The van der Waals surface area contributed by atoms with Crippen LogP contribution in [-0.4, -0.2) is 51.8 Å². The van der Waals surface area contributed by atoms with Gasteiger partial charge in [-0.15, -0.1) is 11.3 Å². The van der Waals surface area contributed by atoms with Gasteiger partial charge in [0.15, 0.2) is 0 Å². The summed E-state index contributed by atoms with van der Waals surface area (Å²) in [5.41, 5.74) is 7.90. The molecule has 6 nitrogen and oxygen atoms in total. The lowest BCUT2D eigenvalue weighted by Crippen LogP contribution is -2.49. The van der Waals surface area contributed by atoms with Crippen molar-refractivity contribution >= 4 is 33.1 Å². The van der Waals surface area contributed by atoms with Gasteiger partial charge in [-0.1, -0.05) is 18.2 Å². The zero-order valence-corrected chi connectivity index (χ0v) is 17.9. The summed E-state index contributed by atoms with van der Waals surface area (Å²) in [6, 6.07) is 16.0. The van der Waals surface area contributed by atoms with Gasteiger partial charge in [0, 0.05) is 31.7 Å². The van der Waals surface area contributed by atoms with Crippen molar-refractivity contribution < 1.29 is 4.79 Å². The molecule has 1 saturated heterocycles. The molecule has 0 atom stereocenters. The summed E-state index contributed by atoms with van der Waals surface area (Å²) >= 11 is 1.57. The Morgan fingerprint density at radius 3 is 2.53 bits per heavy atom. The van der Waals surface area contributed by atoms with E-state index in [1.54, 1.807) is 11.3 Å². The van der Waals surface area contributed by atoms with E-state index >= 15 is 0 Å². The Hall–Kier alpha value is -3.19. The molecule has 0 aliphatic carbocycles. The molecular weight excluding hydrogens is 394 g/mol. The zero-order chi connectivity index (χ0) is 20.7. The number of fused-ring (bicyclic) bond motifs is 1. The van der Waals surface area contributed by atoms with Crippen LogP contribution >= 0.6 is 11.3 Å². The van der Waals surface area contributed by atoms with Crippen molar-refractivity contribution in [2.24, 2.45) is 0 Å². The Kier molecular flexibility index (Phi) is 4.75. The number of carbonyl (C=O) groups is 1. The molecule has 1 aliphatic rings. The van der Waals surface area contributed by atoms with Gasteiger partial charge in [-0.2, -0.15) is 5.10 Å². The molecule has 4 aromatic rings. The number of benzene rings is 2. The zero-order valence-electron chi connectivity index (χ0n) is 17.1. The maximum absolute atomic E-state index is 13.0. The molecule has 1 aliphatic heterocycles. The van der Waals surface area contributed by atoms with Gasteiger partial charge in [0.1, 0.15) is 0 Å². The van der Waals surface area contributed by atoms with E-state index in [0.717, 1.165) is 45.9 Å². The van der Waals surface area contributed by atoms with Crippen LogP contribution in [0.2, 0.25) is 0 Å². The van der Waals surface area contributed by atoms with Crippen LogP contribution in [0.25, 0.3) is 15.9 Å². The normalized spacial score (nSPS) is 14.5. The fraction of sp³-hybridized carbons (Fsp3) is 0.261. The van der Waals surface area contributed by atoms with Crippen LogP contribution < -0.4 is 4.90 Å². The number of rotatable bonds is 3. The molecule has 0 spiro atoms. The average Bonchev–Trinajstić information content (AvgIpc) is 3.37. The molecule has 0 bridgehead atoms. The Morgan fingerprint density at radius 2 is 1.77 bits per heavy atom. The number of aryl methyl sites for hydroxylation is 1. The first-order valence-corrected chi connectivity index (χ1v) is 11.0. The van der Waals surface area contributed by atoms with Crippen LogP contribution in [0.1, 0.15) is 21.7 Å². The second kappa shape index (κ2) is 7.57. The highest BCUT2D eigenvalue weighted by Gasteiger charge is 2.26. The molecular formula is C23H23N5OS. The van der Waals surface area contributed by atoms with E-state index in [4.69, 9.17) is 5.10 Å². The van der Waals surface area contributed by atoms with Crippen LogP contribution in [0, 0.1) is 13.8 Å². The molecule has 1 amide bonds.